The van der Waals surface area contributed by atoms with Gasteiger partial charge in [0, 0.05) is 0 Å². The molecule has 84 valence electrons. The van der Waals surface area contributed by atoms with Crippen LogP contribution in [0.4, 0.5) is 5.69 Å². The molecule has 1 aromatic rings. The summed E-state index contributed by atoms with van der Waals surface area (Å²) in [5.74, 6) is 0.211. The van der Waals surface area contributed by atoms with Crippen LogP contribution in [-0.2, 0) is 4.74 Å². The van der Waals surface area contributed by atoms with Crippen LogP contribution in [0.1, 0.15) is 10.4 Å². The normalized spacial score (nSPS) is 9.12. The lowest BCUT2D eigenvalue weighted by Gasteiger charge is -2.10. The summed E-state index contributed by atoms with van der Waals surface area (Å²) in [5.41, 5.74) is 0.333. The van der Waals surface area contributed by atoms with E-state index >= 15 is 0 Å². The van der Waals surface area contributed by atoms with Crippen LogP contribution in [0.5, 0.6) is 11.5 Å². The van der Waals surface area contributed by atoms with Gasteiger partial charge in [0.1, 0.15) is 5.75 Å². The zero-order valence-corrected chi connectivity index (χ0v) is 9.23. The third kappa shape index (κ3) is 2.06. The van der Waals surface area contributed by atoms with Crippen LogP contribution in [0.3, 0.4) is 0 Å². The van der Waals surface area contributed by atoms with Gasteiger partial charge in [-0.15, -0.1) is 0 Å². The first kappa shape index (κ1) is 11.9. The van der Waals surface area contributed by atoms with E-state index in [-0.39, 0.29) is 11.3 Å². The number of carbonyl (C=O) groups is 1. The Kier molecular flexibility index (Phi) is 3.72. The number of rotatable bonds is 3. The molecule has 0 saturated heterocycles. The van der Waals surface area contributed by atoms with E-state index < -0.39 is 5.97 Å². The SMILES string of the molecule is [C-]#[N+]c1cc(OC)c(OC)cc1C(=O)OC. The molecule has 0 aliphatic heterocycles. The Balaban J connectivity index is 3.39. The van der Waals surface area contributed by atoms with Crippen molar-refractivity contribution in [2.24, 2.45) is 0 Å². The van der Waals surface area contributed by atoms with Gasteiger partial charge < -0.3 is 14.2 Å². The van der Waals surface area contributed by atoms with Gasteiger partial charge in [-0.3, -0.25) is 0 Å². The van der Waals surface area contributed by atoms with Crippen molar-refractivity contribution in [2.75, 3.05) is 21.3 Å². The Morgan fingerprint density at radius 3 is 2.19 bits per heavy atom. The van der Waals surface area contributed by atoms with Crippen molar-refractivity contribution in [1.29, 1.82) is 0 Å². The number of methoxy groups -OCH3 is 3. The Morgan fingerprint density at radius 1 is 1.19 bits per heavy atom. The summed E-state index contributed by atoms with van der Waals surface area (Å²) >= 11 is 0. The van der Waals surface area contributed by atoms with Gasteiger partial charge >= 0.3 is 5.97 Å². The minimum Gasteiger partial charge on any atom is -0.494 e. The average Bonchev–Trinajstić information content (AvgIpc) is 2.35. The fourth-order valence-electron chi connectivity index (χ4n) is 1.23. The van der Waals surface area contributed by atoms with Crippen LogP contribution in [0.25, 0.3) is 4.85 Å². The second-order valence-corrected chi connectivity index (χ2v) is 2.83. The highest BCUT2D eigenvalue weighted by Gasteiger charge is 2.16. The molecule has 0 amide bonds. The Hall–Kier alpha value is -2.22. The van der Waals surface area contributed by atoms with Crippen molar-refractivity contribution in [3.8, 4) is 11.5 Å². The highest BCUT2D eigenvalue weighted by Crippen LogP contribution is 2.35. The molecule has 0 atom stereocenters. The van der Waals surface area contributed by atoms with Gasteiger partial charge in [0.05, 0.1) is 33.5 Å². The number of benzene rings is 1. The van der Waals surface area contributed by atoms with Gasteiger partial charge in [-0.05, 0) is 12.1 Å². The van der Waals surface area contributed by atoms with E-state index in [9.17, 15) is 4.79 Å². The molecule has 0 unspecified atom stereocenters. The Bertz CT molecular complexity index is 448. The van der Waals surface area contributed by atoms with Gasteiger partial charge in [-0.2, -0.15) is 0 Å². The molecule has 0 fully saturated rings. The van der Waals surface area contributed by atoms with Crippen LogP contribution in [-0.4, -0.2) is 27.3 Å². The van der Waals surface area contributed by atoms with Gasteiger partial charge in [0.25, 0.3) is 0 Å². The van der Waals surface area contributed by atoms with Gasteiger partial charge in [-0.25, -0.2) is 9.64 Å². The second-order valence-electron chi connectivity index (χ2n) is 2.83. The first-order valence-corrected chi connectivity index (χ1v) is 4.39. The van der Waals surface area contributed by atoms with Crippen LogP contribution in [0.2, 0.25) is 0 Å². The molecule has 0 N–H and O–H groups in total. The van der Waals surface area contributed by atoms with Crippen LogP contribution in [0.15, 0.2) is 12.1 Å². The summed E-state index contributed by atoms with van der Waals surface area (Å²) in [7, 11) is 4.17. The zero-order valence-electron chi connectivity index (χ0n) is 9.23. The topological polar surface area (TPSA) is 49.1 Å². The van der Waals surface area contributed by atoms with Crippen LogP contribution < -0.4 is 9.47 Å². The maximum atomic E-state index is 11.4. The molecule has 0 aliphatic carbocycles. The molecular weight excluding hydrogens is 210 g/mol. The molecular formula is C11H11NO4. The Morgan fingerprint density at radius 2 is 1.75 bits per heavy atom. The molecule has 0 bridgehead atoms. The summed E-state index contributed by atoms with van der Waals surface area (Å²) in [4.78, 5) is 14.6. The predicted octanol–water partition coefficient (Wildman–Crippen LogP) is 2.04. The average molecular weight is 221 g/mol. The van der Waals surface area contributed by atoms with E-state index in [1.165, 1.54) is 33.5 Å². The van der Waals surface area contributed by atoms with Crippen molar-refractivity contribution < 1.29 is 19.0 Å². The van der Waals surface area contributed by atoms with Crippen molar-refractivity contribution in [3.05, 3.63) is 29.1 Å². The van der Waals surface area contributed by atoms with E-state index in [4.69, 9.17) is 16.0 Å². The van der Waals surface area contributed by atoms with Crippen molar-refractivity contribution in [2.45, 2.75) is 0 Å². The molecule has 0 aromatic heterocycles. The van der Waals surface area contributed by atoms with Crippen molar-refractivity contribution >= 4 is 11.7 Å². The monoisotopic (exact) mass is 221 g/mol. The van der Waals surface area contributed by atoms with Gasteiger partial charge in [-0.1, -0.05) is 0 Å². The molecule has 0 heterocycles. The first-order valence-electron chi connectivity index (χ1n) is 4.39. The number of hydrogen-bond acceptors (Lipinski definition) is 4. The lowest BCUT2D eigenvalue weighted by Crippen LogP contribution is -2.02. The van der Waals surface area contributed by atoms with E-state index in [0.717, 1.165) is 0 Å². The van der Waals surface area contributed by atoms with Crippen molar-refractivity contribution in [3.63, 3.8) is 0 Å². The Labute approximate surface area is 93.4 Å². The number of esters is 1. The summed E-state index contributed by atoms with van der Waals surface area (Å²) in [6.45, 7) is 6.97. The van der Waals surface area contributed by atoms with Crippen molar-refractivity contribution in [1.82, 2.24) is 0 Å². The minimum absolute atomic E-state index is 0.162. The number of hydrogen-bond donors (Lipinski definition) is 0. The smallest absolute Gasteiger partial charge is 0.327 e. The molecule has 16 heavy (non-hydrogen) atoms. The molecule has 1 rings (SSSR count). The standard InChI is InChI=1S/C11H11NO4/c1-12-8-6-10(15-3)9(14-2)5-7(8)11(13)16-4/h5-6H,2-4H3. The number of ether oxygens (including phenoxy) is 3. The molecule has 5 heteroatoms. The third-order valence-electron chi connectivity index (χ3n) is 2.03. The summed E-state index contributed by atoms with van der Waals surface area (Å²) in [6, 6.07) is 2.87. The van der Waals surface area contributed by atoms with E-state index in [1.807, 2.05) is 0 Å². The highest BCUT2D eigenvalue weighted by molar-refractivity contribution is 5.97. The lowest BCUT2D eigenvalue weighted by molar-refractivity contribution is 0.0601. The van der Waals surface area contributed by atoms with Crippen LogP contribution >= 0.6 is 0 Å². The van der Waals surface area contributed by atoms with E-state index in [0.29, 0.717) is 11.5 Å². The van der Waals surface area contributed by atoms with Gasteiger partial charge in [0.2, 0.25) is 5.69 Å². The quantitative estimate of drug-likeness (QED) is 0.579. The number of carbonyl (C=O) groups excluding carboxylic acids is 1. The second kappa shape index (κ2) is 5.03. The molecule has 5 nitrogen and oxygen atoms in total. The first-order chi connectivity index (χ1) is 7.67. The van der Waals surface area contributed by atoms with E-state index in [2.05, 4.69) is 9.58 Å². The van der Waals surface area contributed by atoms with Crippen LogP contribution in [0, 0.1) is 6.57 Å². The molecule has 0 aliphatic rings. The molecule has 0 spiro atoms. The maximum Gasteiger partial charge on any atom is 0.327 e. The maximum absolute atomic E-state index is 11.4. The summed E-state index contributed by atoms with van der Waals surface area (Å²) in [5, 5.41) is 0. The third-order valence-corrected chi connectivity index (χ3v) is 2.03. The molecule has 1 aromatic carbocycles. The predicted molar refractivity (Wildman–Crippen MR) is 57.1 cm³/mol. The van der Waals surface area contributed by atoms with Gasteiger partial charge in [0.15, 0.2) is 5.75 Å². The zero-order chi connectivity index (χ0) is 12.1. The fraction of sp³-hybridized carbons (Fsp3) is 0.273. The fourth-order valence-corrected chi connectivity index (χ4v) is 1.23. The summed E-state index contributed by atoms with van der Waals surface area (Å²) in [6.07, 6.45) is 0. The largest absolute Gasteiger partial charge is 0.494 e. The highest BCUT2D eigenvalue weighted by atomic mass is 16.5. The summed E-state index contributed by atoms with van der Waals surface area (Å²) < 4.78 is 14.6. The lowest BCUT2D eigenvalue weighted by atomic mass is 10.1. The number of nitrogens with zero attached hydrogens (tertiary/aromatic N) is 1. The van der Waals surface area contributed by atoms with E-state index in [1.54, 1.807) is 0 Å². The minimum atomic E-state index is -0.577. The molecule has 0 saturated carbocycles. The molecule has 0 radical (unpaired) electrons.